The molecular formula is C26H21F2N5O4. The molecule has 0 bridgehead atoms. The number of halogens is 2. The quantitative estimate of drug-likeness (QED) is 0.401. The van der Waals surface area contributed by atoms with Crippen molar-refractivity contribution in [2.75, 3.05) is 12.4 Å². The van der Waals surface area contributed by atoms with Gasteiger partial charge in [0.2, 0.25) is 5.75 Å². The first-order valence-electron chi connectivity index (χ1n) is 11.1. The molecule has 2 atom stereocenters. The number of carbonyl (C=O) groups is 1. The highest BCUT2D eigenvalue weighted by Gasteiger charge is 2.32. The van der Waals surface area contributed by atoms with Crippen molar-refractivity contribution < 1.29 is 22.8 Å². The maximum atomic E-state index is 15.1. The predicted molar refractivity (Wildman–Crippen MR) is 128 cm³/mol. The predicted octanol–water partition coefficient (Wildman–Crippen LogP) is 4.11. The molecule has 0 aliphatic heterocycles. The number of ether oxygens (including phenoxy) is 1. The number of amides is 1. The molecule has 0 saturated heterocycles. The van der Waals surface area contributed by atoms with E-state index in [-0.39, 0.29) is 34.1 Å². The molecule has 1 amide bonds. The van der Waals surface area contributed by atoms with Gasteiger partial charge >= 0.3 is 0 Å². The third-order valence-corrected chi connectivity index (χ3v) is 6.01. The van der Waals surface area contributed by atoms with Crippen molar-refractivity contribution in [3.63, 3.8) is 0 Å². The summed E-state index contributed by atoms with van der Waals surface area (Å²) in [5.74, 6) is -4.15. The van der Waals surface area contributed by atoms with Crippen LogP contribution in [0.4, 0.5) is 14.5 Å². The van der Waals surface area contributed by atoms with Gasteiger partial charge in [-0.25, -0.2) is 13.8 Å². The number of rotatable bonds is 7. The highest BCUT2D eigenvalue weighted by Crippen LogP contribution is 2.40. The second-order valence-electron chi connectivity index (χ2n) is 8.21. The van der Waals surface area contributed by atoms with Crippen LogP contribution in [-0.2, 0) is 7.05 Å². The Labute approximate surface area is 209 Å². The summed E-state index contributed by atoms with van der Waals surface area (Å²) in [6.07, 6.45) is 2.46. The van der Waals surface area contributed by atoms with Gasteiger partial charge in [-0.2, -0.15) is 5.26 Å². The lowest BCUT2D eigenvalue weighted by molar-refractivity contribution is 0.101. The summed E-state index contributed by atoms with van der Waals surface area (Å²) < 4.78 is 40.0. The monoisotopic (exact) mass is 505 g/mol. The van der Waals surface area contributed by atoms with Gasteiger partial charge in [-0.1, -0.05) is 36.3 Å². The molecule has 11 heteroatoms. The van der Waals surface area contributed by atoms with Crippen LogP contribution in [0, 0.1) is 23.0 Å². The van der Waals surface area contributed by atoms with E-state index in [1.807, 2.05) is 0 Å². The second kappa shape index (κ2) is 10.4. The molecule has 4 rings (SSSR count). The van der Waals surface area contributed by atoms with Crippen molar-refractivity contribution in [1.29, 1.82) is 5.26 Å². The Kier molecular flexibility index (Phi) is 7.11. The summed E-state index contributed by atoms with van der Waals surface area (Å²) in [6, 6.07) is 11.8. The number of methoxy groups -OCH3 is 1. The number of nitrogens with one attached hydrogen (secondary N) is 1. The van der Waals surface area contributed by atoms with E-state index in [0.29, 0.717) is 5.56 Å². The molecule has 2 aromatic carbocycles. The van der Waals surface area contributed by atoms with E-state index in [1.54, 1.807) is 31.2 Å². The fourth-order valence-corrected chi connectivity index (χ4v) is 4.28. The molecule has 2 unspecified atom stereocenters. The molecule has 9 nitrogen and oxygen atoms in total. The molecule has 0 radical (unpaired) electrons. The lowest BCUT2D eigenvalue weighted by Gasteiger charge is -2.27. The van der Waals surface area contributed by atoms with E-state index >= 15 is 4.39 Å². The minimum Gasteiger partial charge on any atom is -0.489 e. The van der Waals surface area contributed by atoms with E-state index in [2.05, 4.69) is 21.5 Å². The van der Waals surface area contributed by atoms with Crippen molar-refractivity contribution >= 4 is 11.6 Å². The van der Waals surface area contributed by atoms with Crippen LogP contribution in [0.3, 0.4) is 0 Å². The number of nitriles is 1. The molecule has 0 saturated carbocycles. The normalized spacial score (nSPS) is 12.4. The Morgan fingerprint density at radius 3 is 2.62 bits per heavy atom. The van der Waals surface area contributed by atoms with Gasteiger partial charge in [-0.3, -0.25) is 14.2 Å². The molecule has 4 aromatic rings. The summed E-state index contributed by atoms with van der Waals surface area (Å²) in [5.41, 5.74) is 0.0910. The number of carbonyl (C=O) groups excluding carboxylic acids is 1. The van der Waals surface area contributed by atoms with Gasteiger partial charge in [0.1, 0.15) is 29.4 Å². The summed E-state index contributed by atoms with van der Waals surface area (Å²) in [6.45, 7) is 1.68. The number of anilines is 1. The van der Waals surface area contributed by atoms with Crippen molar-refractivity contribution in [3.8, 4) is 11.8 Å². The van der Waals surface area contributed by atoms with Gasteiger partial charge < -0.3 is 14.6 Å². The Morgan fingerprint density at radius 2 is 1.97 bits per heavy atom. The first kappa shape index (κ1) is 25.2. The van der Waals surface area contributed by atoms with Gasteiger partial charge in [-0.05, 0) is 23.3 Å². The summed E-state index contributed by atoms with van der Waals surface area (Å²) in [7, 11) is 2.68. The van der Waals surface area contributed by atoms with E-state index < -0.39 is 34.9 Å². The van der Waals surface area contributed by atoms with Gasteiger partial charge in [0.25, 0.3) is 11.5 Å². The first-order valence-corrected chi connectivity index (χ1v) is 11.1. The van der Waals surface area contributed by atoms with Crippen LogP contribution in [0.15, 0.2) is 64.2 Å². The number of nitrogens with zero attached hydrogens (tertiary/aromatic N) is 4. The maximum Gasteiger partial charge on any atom is 0.296 e. The zero-order valence-electron chi connectivity index (χ0n) is 20.0. The van der Waals surface area contributed by atoms with Crippen molar-refractivity contribution in [2.45, 2.75) is 18.8 Å². The lowest BCUT2D eigenvalue weighted by atomic mass is 9.79. The molecular weight excluding hydrogens is 484 g/mol. The highest BCUT2D eigenvalue weighted by molar-refractivity contribution is 6.04. The topological polar surface area (TPSA) is 123 Å². The SMILES string of the molecule is COc1c(C(=O)Nc2cnoc2)nc(C(C)C(c2ccc(F)cc2F)c2ccccc2C#N)n(C)c1=O. The van der Waals surface area contributed by atoms with Gasteiger partial charge in [0, 0.05) is 24.9 Å². The Morgan fingerprint density at radius 1 is 1.22 bits per heavy atom. The second-order valence-corrected chi connectivity index (χ2v) is 8.21. The standard InChI is InChI=1S/C26H21F2N5O4/c1-14(21(18-7-5-4-6-15(18)11-29)19-9-8-16(27)10-20(19)28)24-32-22(23(36-3)26(35)33(24)2)25(34)31-17-12-30-37-13-17/h4-10,12-14,21H,1-3H3,(H,31,34). The maximum absolute atomic E-state index is 15.1. The van der Waals surface area contributed by atoms with Gasteiger partial charge in [0.05, 0.1) is 24.9 Å². The van der Waals surface area contributed by atoms with E-state index in [1.165, 1.54) is 37.3 Å². The molecule has 188 valence electrons. The van der Waals surface area contributed by atoms with Crippen LogP contribution in [0.2, 0.25) is 0 Å². The summed E-state index contributed by atoms with van der Waals surface area (Å²) >= 11 is 0. The van der Waals surface area contributed by atoms with Crippen LogP contribution in [-0.4, -0.2) is 27.7 Å². The molecule has 37 heavy (non-hydrogen) atoms. The van der Waals surface area contributed by atoms with Crippen LogP contribution >= 0.6 is 0 Å². The first-order chi connectivity index (χ1) is 17.8. The smallest absolute Gasteiger partial charge is 0.296 e. The van der Waals surface area contributed by atoms with Crippen LogP contribution < -0.4 is 15.6 Å². The average molecular weight is 505 g/mol. The number of hydrogen-bond donors (Lipinski definition) is 1. The number of aromatic nitrogens is 3. The average Bonchev–Trinajstić information content (AvgIpc) is 3.40. The molecule has 0 fully saturated rings. The Bertz CT molecular complexity index is 1560. The Hall–Kier alpha value is -4.85. The molecule has 0 spiro atoms. The molecule has 2 heterocycles. The third kappa shape index (κ3) is 4.81. The van der Waals surface area contributed by atoms with E-state index in [4.69, 9.17) is 9.26 Å². The molecule has 0 aliphatic rings. The van der Waals surface area contributed by atoms with Crippen LogP contribution in [0.5, 0.6) is 5.75 Å². The zero-order valence-corrected chi connectivity index (χ0v) is 20.0. The van der Waals surface area contributed by atoms with E-state index in [9.17, 15) is 19.2 Å². The lowest BCUT2D eigenvalue weighted by Crippen LogP contribution is -2.31. The number of benzene rings is 2. The molecule has 2 aromatic heterocycles. The minimum atomic E-state index is -0.864. The van der Waals surface area contributed by atoms with Crippen molar-refractivity contribution in [2.24, 2.45) is 7.05 Å². The fourth-order valence-electron chi connectivity index (χ4n) is 4.28. The van der Waals surface area contributed by atoms with E-state index in [0.717, 1.165) is 12.1 Å². The minimum absolute atomic E-state index is 0.0946. The highest BCUT2D eigenvalue weighted by atomic mass is 19.1. The third-order valence-electron chi connectivity index (χ3n) is 6.01. The Balaban J connectivity index is 1.92. The van der Waals surface area contributed by atoms with Crippen molar-refractivity contribution in [1.82, 2.24) is 14.7 Å². The van der Waals surface area contributed by atoms with Crippen molar-refractivity contribution in [3.05, 3.63) is 105 Å². The molecule has 1 N–H and O–H groups in total. The zero-order chi connectivity index (χ0) is 26.7. The van der Waals surface area contributed by atoms with Crippen LogP contribution in [0.1, 0.15) is 51.8 Å². The van der Waals surface area contributed by atoms with Crippen LogP contribution in [0.25, 0.3) is 0 Å². The van der Waals surface area contributed by atoms with Gasteiger partial charge in [0.15, 0.2) is 5.69 Å². The fraction of sp³-hybridized carbons (Fsp3) is 0.192. The summed E-state index contributed by atoms with van der Waals surface area (Å²) in [5, 5.41) is 15.8. The largest absolute Gasteiger partial charge is 0.489 e. The molecule has 0 aliphatic carbocycles. The number of hydrogen-bond acceptors (Lipinski definition) is 7. The van der Waals surface area contributed by atoms with Gasteiger partial charge in [-0.15, -0.1) is 0 Å². The summed E-state index contributed by atoms with van der Waals surface area (Å²) in [4.78, 5) is 30.7.